The number of hydrogen-bond acceptors (Lipinski definition) is 3. The Hall–Kier alpha value is -0.410. The lowest BCUT2D eigenvalue weighted by Crippen LogP contribution is -2.32. The lowest BCUT2D eigenvalue weighted by molar-refractivity contribution is 0.229. The van der Waals surface area contributed by atoms with Gasteiger partial charge in [-0.15, -0.1) is 11.3 Å². The van der Waals surface area contributed by atoms with Gasteiger partial charge >= 0.3 is 0 Å². The fraction of sp³-hybridized carbons (Fsp3) is 0.833. The average Bonchev–Trinajstić information content (AvgIpc) is 3.10. The molecule has 1 aromatic rings. The summed E-state index contributed by atoms with van der Waals surface area (Å²) < 4.78 is 0. The predicted octanol–water partition coefficient (Wildman–Crippen LogP) is 5.06. The molecule has 0 bridgehead atoms. The van der Waals surface area contributed by atoms with Crippen LogP contribution in [0.1, 0.15) is 83.0 Å². The molecule has 2 nitrogen and oxygen atoms in total. The van der Waals surface area contributed by atoms with E-state index in [9.17, 15) is 0 Å². The summed E-state index contributed by atoms with van der Waals surface area (Å²) in [6.45, 7) is 9.19. The minimum absolute atomic E-state index is 0.167. The number of thiazole rings is 1. The number of nitrogens with one attached hydrogen (secondary N) is 1. The zero-order chi connectivity index (χ0) is 15.0. The zero-order valence-corrected chi connectivity index (χ0v) is 14.8. The van der Waals surface area contributed by atoms with Crippen molar-refractivity contribution in [2.45, 2.75) is 83.7 Å². The SMILES string of the molecule is CC1CCC(C(NC2CC2)c2nc(C(C)(C)C)cs2)CC1. The lowest BCUT2D eigenvalue weighted by Gasteiger charge is -2.32. The molecule has 0 spiro atoms. The Bertz CT molecular complexity index is 462. The van der Waals surface area contributed by atoms with Crippen LogP contribution >= 0.6 is 11.3 Å². The maximum atomic E-state index is 5.01. The van der Waals surface area contributed by atoms with Crippen molar-refractivity contribution in [3.8, 4) is 0 Å². The van der Waals surface area contributed by atoms with Crippen molar-refractivity contribution in [2.75, 3.05) is 0 Å². The normalized spacial score (nSPS) is 28.6. The van der Waals surface area contributed by atoms with E-state index < -0.39 is 0 Å². The number of aromatic nitrogens is 1. The molecule has 1 atom stereocenters. The van der Waals surface area contributed by atoms with Crippen LogP contribution in [0.4, 0.5) is 0 Å². The zero-order valence-electron chi connectivity index (χ0n) is 14.0. The Balaban J connectivity index is 1.76. The minimum atomic E-state index is 0.167. The fourth-order valence-electron chi connectivity index (χ4n) is 3.31. The largest absolute Gasteiger partial charge is 0.305 e. The molecule has 3 heteroatoms. The molecule has 118 valence electrons. The number of rotatable bonds is 4. The highest BCUT2D eigenvalue weighted by Crippen LogP contribution is 2.40. The first-order chi connectivity index (χ1) is 9.93. The number of nitrogens with zero attached hydrogens (tertiary/aromatic N) is 1. The Kier molecular flexibility index (Phi) is 4.42. The summed E-state index contributed by atoms with van der Waals surface area (Å²) in [6, 6.07) is 1.27. The van der Waals surface area contributed by atoms with Crippen molar-refractivity contribution in [3.05, 3.63) is 16.1 Å². The van der Waals surface area contributed by atoms with Crippen LogP contribution < -0.4 is 5.32 Å². The molecule has 1 aromatic heterocycles. The molecule has 0 amide bonds. The smallest absolute Gasteiger partial charge is 0.110 e. The van der Waals surface area contributed by atoms with Crippen LogP contribution in [-0.4, -0.2) is 11.0 Å². The molecule has 0 radical (unpaired) electrons. The second-order valence-corrected chi connectivity index (χ2v) is 9.15. The van der Waals surface area contributed by atoms with Gasteiger partial charge in [0, 0.05) is 16.8 Å². The van der Waals surface area contributed by atoms with E-state index in [2.05, 4.69) is 38.4 Å². The van der Waals surface area contributed by atoms with Crippen molar-refractivity contribution >= 4 is 11.3 Å². The highest BCUT2D eigenvalue weighted by Gasteiger charge is 2.34. The average molecular weight is 307 g/mol. The molecule has 2 fully saturated rings. The third-order valence-corrected chi connectivity index (χ3v) is 6.01. The van der Waals surface area contributed by atoms with Gasteiger partial charge in [-0.05, 0) is 37.5 Å². The van der Waals surface area contributed by atoms with Crippen LogP contribution in [0.5, 0.6) is 0 Å². The summed E-state index contributed by atoms with van der Waals surface area (Å²) in [5, 5.41) is 7.52. The molecule has 2 saturated carbocycles. The van der Waals surface area contributed by atoms with E-state index in [-0.39, 0.29) is 5.41 Å². The van der Waals surface area contributed by atoms with E-state index in [1.807, 2.05) is 11.3 Å². The molecule has 1 N–H and O–H groups in total. The van der Waals surface area contributed by atoms with Gasteiger partial charge in [-0.2, -0.15) is 0 Å². The Morgan fingerprint density at radius 3 is 2.33 bits per heavy atom. The Morgan fingerprint density at radius 2 is 1.81 bits per heavy atom. The second kappa shape index (κ2) is 6.00. The maximum absolute atomic E-state index is 5.01. The molecule has 0 saturated heterocycles. The molecule has 0 aliphatic heterocycles. The highest BCUT2D eigenvalue weighted by molar-refractivity contribution is 7.09. The summed E-state index contributed by atoms with van der Waals surface area (Å²) in [5.41, 5.74) is 1.43. The van der Waals surface area contributed by atoms with Gasteiger partial charge in [-0.25, -0.2) is 4.98 Å². The van der Waals surface area contributed by atoms with Crippen LogP contribution in [0.2, 0.25) is 0 Å². The van der Waals surface area contributed by atoms with E-state index in [0.29, 0.717) is 6.04 Å². The molecular weight excluding hydrogens is 276 g/mol. The minimum Gasteiger partial charge on any atom is -0.305 e. The van der Waals surface area contributed by atoms with Gasteiger partial charge in [0.2, 0.25) is 0 Å². The topological polar surface area (TPSA) is 24.9 Å². The fourth-order valence-corrected chi connectivity index (χ4v) is 4.50. The van der Waals surface area contributed by atoms with Gasteiger partial charge in [0.1, 0.15) is 5.01 Å². The van der Waals surface area contributed by atoms with Gasteiger partial charge < -0.3 is 5.32 Å². The highest BCUT2D eigenvalue weighted by atomic mass is 32.1. The molecule has 2 aliphatic carbocycles. The molecule has 2 aliphatic rings. The Labute approximate surface area is 133 Å². The van der Waals surface area contributed by atoms with Gasteiger partial charge in [0.15, 0.2) is 0 Å². The van der Waals surface area contributed by atoms with E-state index in [1.54, 1.807) is 0 Å². The molecule has 3 rings (SSSR count). The molecule has 1 unspecified atom stereocenters. The summed E-state index contributed by atoms with van der Waals surface area (Å²) in [6.07, 6.45) is 8.25. The van der Waals surface area contributed by atoms with Crippen molar-refractivity contribution in [2.24, 2.45) is 11.8 Å². The van der Waals surface area contributed by atoms with Gasteiger partial charge in [0.05, 0.1) is 11.7 Å². The quantitative estimate of drug-likeness (QED) is 0.841. The van der Waals surface area contributed by atoms with Gasteiger partial charge in [-0.3, -0.25) is 0 Å². The van der Waals surface area contributed by atoms with Crippen LogP contribution in [-0.2, 0) is 5.41 Å². The van der Waals surface area contributed by atoms with E-state index >= 15 is 0 Å². The third kappa shape index (κ3) is 3.87. The van der Waals surface area contributed by atoms with Crippen molar-refractivity contribution in [1.82, 2.24) is 10.3 Å². The van der Waals surface area contributed by atoms with Crippen LogP contribution in [0.25, 0.3) is 0 Å². The van der Waals surface area contributed by atoms with E-state index in [0.717, 1.165) is 17.9 Å². The molecule has 1 heterocycles. The maximum Gasteiger partial charge on any atom is 0.110 e. The molecule has 21 heavy (non-hydrogen) atoms. The van der Waals surface area contributed by atoms with E-state index in [4.69, 9.17) is 4.98 Å². The summed E-state index contributed by atoms with van der Waals surface area (Å²) >= 11 is 1.88. The monoisotopic (exact) mass is 306 g/mol. The van der Waals surface area contributed by atoms with Crippen LogP contribution in [0, 0.1) is 11.8 Å². The van der Waals surface area contributed by atoms with Crippen molar-refractivity contribution in [3.63, 3.8) is 0 Å². The first-order valence-corrected chi connectivity index (χ1v) is 9.53. The van der Waals surface area contributed by atoms with Gasteiger partial charge in [0.25, 0.3) is 0 Å². The van der Waals surface area contributed by atoms with Crippen LogP contribution in [0.3, 0.4) is 0 Å². The molecular formula is C18H30N2S. The third-order valence-electron chi connectivity index (χ3n) is 5.08. The lowest BCUT2D eigenvalue weighted by atomic mass is 9.79. The van der Waals surface area contributed by atoms with Gasteiger partial charge in [-0.1, -0.05) is 40.5 Å². The first kappa shape index (κ1) is 15.5. The first-order valence-electron chi connectivity index (χ1n) is 8.65. The second-order valence-electron chi connectivity index (χ2n) is 8.26. The van der Waals surface area contributed by atoms with Crippen molar-refractivity contribution in [1.29, 1.82) is 0 Å². The predicted molar refractivity (Wildman–Crippen MR) is 90.8 cm³/mol. The standard InChI is InChI=1S/C18H30N2S/c1-12-5-7-13(8-6-12)16(19-14-9-10-14)17-20-15(11-21-17)18(2,3)4/h11-14,16,19H,5-10H2,1-4H3. The Morgan fingerprint density at radius 1 is 1.14 bits per heavy atom. The van der Waals surface area contributed by atoms with E-state index in [1.165, 1.54) is 49.2 Å². The van der Waals surface area contributed by atoms with Crippen molar-refractivity contribution < 1.29 is 0 Å². The summed E-state index contributed by atoms with van der Waals surface area (Å²) in [4.78, 5) is 5.01. The molecule has 0 aromatic carbocycles. The summed E-state index contributed by atoms with van der Waals surface area (Å²) in [5.74, 6) is 1.71. The van der Waals surface area contributed by atoms with Crippen LogP contribution in [0.15, 0.2) is 5.38 Å². The number of hydrogen-bond donors (Lipinski definition) is 1. The summed E-state index contributed by atoms with van der Waals surface area (Å²) in [7, 11) is 0.